The van der Waals surface area contributed by atoms with Gasteiger partial charge in [0.2, 0.25) is 6.17 Å². The second-order valence-electron chi connectivity index (χ2n) is 5.42. The Morgan fingerprint density at radius 1 is 1.12 bits per heavy atom. The van der Waals surface area contributed by atoms with Crippen LogP contribution in [0.3, 0.4) is 0 Å². The van der Waals surface area contributed by atoms with E-state index in [1.165, 1.54) is 0 Å². The highest BCUT2D eigenvalue weighted by Crippen LogP contribution is 2.40. The number of rotatable bonds is 5. The second kappa shape index (κ2) is 8.05. The molecule has 0 fully saturated rings. The largest absolute Gasteiger partial charge is 0.467 e. The number of alkyl halides is 1. The Morgan fingerprint density at radius 2 is 1.72 bits per heavy atom. The fourth-order valence-corrected chi connectivity index (χ4v) is 3.54. The number of carbonyl (C=O) groups excluding carboxylic acids is 1. The molecule has 0 saturated heterocycles. The molecule has 0 aliphatic carbocycles. The van der Waals surface area contributed by atoms with Crippen LogP contribution >= 0.6 is 31.9 Å². The molecule has 2 aromatic carbocycles. The zero-order valence-corrected chi connectivity index (χ0v) is 16.7. The summed E-state index contributed by atoms with van der Waals surface area (Å²) in [5, 5.41) is 0. The number of hydrogen-bond donors (Lipinski definition) is 2. The summed E-state index contributed by atoms with van der Waals surface area (Å²) in [7, 11) is 1.16. The van der Waals surface area contributed by atoms with Crippen LogP contribution in [0.2, 0.25) is 0 Å². The van der Waals surface area contributed by atoms with E-state index < -0.39 is 18.1 Å². The number of hydrogen-bond acceptors (Lipinski definition) is 5. The summed E-state index contributed by atoms with van der Waals surface area (Å²) < 4.78 is 25.6. The van der Waals surface area contributed by atoms with Crippen LogP contribution in [0, 0.1) is 0 Å². The van der Waals surface area contributed by atoms with Crippen LogP contribution in [-0.4, -0.2) is 19.3 Å². The predicted molar refractivity (Wildman–Crippen MR) is 103 cm³/mol. The molecule has 5 nitrogen and oxygen atoms in total. The molecule has 0 amide bonds. The Morgan fingerprint density at radius 3 is 2.24 bits per heavy atom. The van der Waals surface area contributed by atoms with Crippen molar-refractivity contribution in [2.45, 2.75) is 19.0 Å². The van der Waals surface area contributed by atoms with Gasteiger partial charge in [0.05, 0.1) is 27.4 Å². The van der Waals surface area contributed by atoms with Crippen LogP contribution in [0.5, 0.6) is 11.5 Å². The summed E-state index contributed by atoms with van der Waals surface area (Å²) >= 11 is 6.82. The van der Waals surface area contributed by atoms with Crippen molar-refractivity contribution < 1.29 is 18.7 Å². The van der Waals surface area contributed by atoms with Crippen LogP contribution in [-0.2, 0) is 9.53 Å². The van der Waals surface area contributed by atoms with Crippen molar-refractivity contribution in [2.24, 2.45) is 0 Å². The van der Waals surface area contributed by atoms with E-state index in [1.807, 2.05) is 0 Å². The lowest BCUT2D eigenvalue weighted by atomic mass is 9.96. The van der Waals surface area contributed by atoms with E-state index in [1.54, 1.807) is 37.3 Å². The van der Waals surface area contributed by atoms with E-state index in [4.69, 9.17) is 16.2 Å². The van der Waals surface area contributed by atoms with Crippen LogP contribution in [0.4, 0.5) is 15.8 Å². The van der Waals surface area contributed by atoms with E-state index in [9.17, 15) is 9.18 Å². The number of esters is 1. The molecule has 4 N–H and O–H groups in total. The molecule has 0 heterocycles. The standard InChI is InChI=1S/C17H17Br2FN2O3/c1-8(15(20)17(23)24-2)9-5-11(18)16(12(19)6-9)25-10-3-4-13(21)14(22)7-10/h3-8,15H,21-22H2,1-2H3. The molecular formula is C17H17Br2FN2O3. The molecule has 0 aromatic heterocycles. The van der Waals surface area contributed by atoms with Gasteiger partial charge in [-0.25, -0.2) is 9.18 Å². The highest BCUT2D eigenvalue weighted by atomic mass is 79.9. The summed E-state index contributed by atoms with van der Waals surface area (Å²) in [6.07, 6.45) is -1.76. The Kier molecular flexibility index (Phi) is 6.29. The number of carbonyl (C=O) groups is 1. The maximum Gasteiger partial charge on any atom is 0.341 e. The first-order valence-electron chi connectivity index (χ1n) is 7.28. The van der Waals surface area contributed by atoms with Crippen molar-refractivity contribution in [3.05, 3.63) is 44.8 Å². The Hall–Kier alpha value is -1.80. The minimum atomic E-state index is -1.76. The normalized spacial score (nSPS) is 13.2. The number of benzene rings is 2. The van der Waals surface area contributed by atoms with Gasteiger partial charge in [0.15, 0.2) is 5.75 Å². The molecular weight excluding hydrogens is 459 g/mol. The molecule has 0 spiro atoms. The molecule has 0 aliphatic rings. The molecule has 2 aromatic rings. The molecule has 8 heteroatoms. The van der Waals surface area contributed by atoms with Crippen LogP contribution in [0.15, 0.2) is 39.3 Å². The summed E-state index contributed by atoms with van der Waals surface area (Å²) in [6, 6.07) is 8.34. The van der Waals surface area contributed by atoms with Gasteiger partial charge in [-0.15, -0.1) is 0 Å². The van der Waals surface area contributed by atoms with Gasteiger partial charge in [-0.2, -0.15) is 0 Å². The van der Waals surface area contributed by atoms with Crippen LogP contribution < -0.4 is 16.2 Å². The van der Waals surface area contributed by atoms with Gasteiger partial charge in [-0.1, -0.05) is 6.92 Å². The summed E-state index contributed by atoms with van der Waals surface area (Å²) in [5.41, 5.74) is 12.9. The van der Waals surface area contributed by atoms with Gasteiger partial charge < -0.3 is 20.9 Å². The van der Waals surface area contributed by atoms with Gasteiger partial charge in [-0.05, 0) is 61.7 Å². The zero-order valence-electron chi connectivity index (χ0n) is 13.6. The van der Waals surface area contributed by atoms with Crippen molar-refractivity contribution in [1.29, 1.82) is 0 Å². The first-order chi connectivity index (χ1) is 11.7. The van der Waals surface area contributed by atoms with Crippen molar-refractivity contribution in [3.63, 3.8) is 0 Å². The van der Waals surface area contributed by atoms with Gasteiger partial charge in [0.1, 0.15) is 5.75 Å². The highest BCUT2D eigenvalue weighted by molar-refractivity contribution is 9.11. The fourth-order valence-electron chi connectivity index (χ4n) is 2.16. The SMILES string of the molecule is COC(=O)C(F)C(C)c1cc(Br)c(Oc2ccc(N)c(N)c2)c(Br)c1. The Labute approximate surface area is 161 Å². The quantitative estimate of drug-likeness (QED) is 0.479. The van der Waals surface area contributed by atoms with Crippen molar-refractivity contribution in [1.82, 2.24) is 0 Å². The monoisotopic (exact) mass is 474 g/mol. The Balaban J connectivity index is 2.30. The van der Waals surface area contributed by atoms with Crippen LogP contribution in [0.25, 0.3) is 0 Å². The molecule has 0 radical (unpaired) electrons. The summed E-state index contributed by atoms with van der Waals surface area (Å²) in [4.78, 5) is 11.4. The molecule has 0 saturated carbocycles. The first-order valence-corrected chi connectivity index (χ1v) is 8.87. The molecule has 0 bridgehead atoms. The molecule has 25 heavy (non-hydrogen) atoms. The predicted octanol–water partition coefficient (Wildman–Crippen LogP) is 4.78. The average Bonchev–Trinajstić information content (AvgIpc) is 2.58. The van der Waals surface area contributed by atoms with Crippen LogP contribution in [0.1, 0.15) is 18.4 Å². The number of nitrogen functional groups attached to an aromatic ring is 2. The van der Waals surface area contributed by atoms with Gasteiger partial charge >= 0.3 is 5.97 Å². The van der Waals surface area contributed by atoms with Gasteiger partial charge in [0.25, 0.3) is 0 Å². The lowest BCUT2D eigenvalue weighted by Crippen LogP contribution is -2.23. The molecule has 0 aliphatic heterocycles. The van der Waals surface area contributed by atoms with Crippen molar-refractivity contribution in [2.75, 3.05) is 18.6 Å². The molecule has 2 unspecified atom stereocenters. The minimum absolute atomic E-state index is 0.410. The van der Waals surface area contributed by atoms with E-state index >= 15 is 0 Å². The van der Waals surface area contributed by atoms with Crippen molar-refractivity contribution in [3.8, 4) is 11.5 Å². The van der Waals surface area contributed by atoms with Gasteiger partial charge in [0, 0.05) is 12.0 Å². The topological polar surface area (TPSA) is 87.6 Å². The number of halogens is 3. The Bertz CT molecular complexity index is 778. The lowest BCUT2D eigenvalue weighted by molar-refractivity contribution is -0.147. The van der Waals surface area contributed by atoms with Crippen molar-refractivity contribution >= 4 is 49.2 Å². The van der Waals surface area contributed by atoms with E-state index in [0.717, 1.165) is 7.11 Å². The van der Waals surface area contributed by atoms with E-state index in [0.29, 0.717) is 37.4 Å². The second-order valence-corrected chi connectivity index (χ2v) is 7.13. The number of nitrogens with two attached hydrogens (primary N) is 2. The third kappa shape index (κ3) is 4.43. The number of methoxy groups -OCH3 is 1. The first kappa shape index (κ1) is 19.5. The fraction of sp³-hybridized carbons (Fsp3) is 0.235. The summed E-state index contributed by atoms with van der Waals surface area (Å²) in [5.74, 6) is -0.584. The average molecular weight is 476 g/mol. The smallest absolute Gasteiger partial charge is 0.341 e. The highest BCUT2D eigenvalue weighted by Gasteiger charge is 2.28. The summed E-state index contributed by atoms with van der Waals surface area (Å²) in [6.45, 7) is 1.61. The van der Waals surface area contributed by atoms with E-state index in [2.05, 4.69) is 36.6 Å². The number of ether oxygens (including phenoxy) is 2. The third-order valence-corrected chi connectivity index (χ3v) is 4.87. The maximum atomic E-state index is 14.1. The maximum absolute atomic E-state index is 14.1. The lowest BCUT2D eigenvalue weighted by Gasteiger charge is -2.18. The third-order valence-electron chi connectivity index (χ3n) is 3.69. The minimum Gasteiger partial charge on any atom is -0.467 e. The zero-order chi connectivity index (χ0) is 18.7. The molecule has 2 atom stereocenters. The van der Waals surface area contributed by atoms with Gasteiger partial charge in [-0.3, -0.25) is 0 Å². The number of anilines is 2. The molecule has 134 valence electrons. The molecule has 2 rings (SSSR count). The van der Waals surface area contributed by atoms with E-state index in [-0.39, 0.29) is 0 Å².